The Hall–Kier alpha value is -1.42. The molecule has 0 saturated carbocycles. The van der Waals surface area contributed by atoms with Gasteiger partial charge in [-0.05, 0) is 19.5 Å². The molecule has 0 unspecified atom stereocenters. The van der Waals surface area contributed by atoms with Gasteiger partial charge in [-0.2, -0.15) is 0 Å². The van der Waals surface area contributed by atoms with Gasteiger partial charge >= 0.3 is 0 Å². The molecule has 2 aromatic heterocycles. The van der Waals surface area contributed by atoms with Gasteiger partial charge in [0.1, 0.15) is 11.5 Å². The smallest absolute Gasteiger partial charge is 0.141 e. The first-order chi connectivity index (χ1) is 7.93. The first-order valence-electron chi connectivity index (χ1n) is 5.93. The third kappa shape index (κ3) is 2.17. The van der Waals surface area contributed by atoms with Crippen molar-refractivity contribution in [1.82, 2.24) is 20.3 Å². The zero-order chi connectivity index (χ0) is 12.6. The van der Waals surface area contributed by atoms with E-state index in [-0.39, 0.29) is 5.41 Å². The van der Waals surface area contributed by atoms with Crippen LogP contribution in [0.2, 0.25) is 0 Å². The van der Waals surface area contributed by atoms with Gasteiger partial charge in [-0.25, -0.2) is 9.97 Å². The highest BCUT2D eigenvalue weighted by atomic mass is 15.0. The number of H-pyrrole nitrogens is 1. The predicted molar refractivity (Wildman–Crippen MR) is 70.1 cm³/mol. The Morgan fingerprint density at radius 1 is 1.29 bits per heavy atom. The van der Waals surface area contributed by atoms with E-state index in [0.717, 1.165) is 29.1 Å². The standard InChI is InChI=1S/C13H20N4/c1-8-16-11(13(2,3)4)10-9(6-14-5)7-15-12(10)17-8/h7,14H,6H2,1-5H3,(H,15,16,17). The molecule has 0 amide bonds. The van der Waals surface area contributed by atoms with Crippen LogP contribution in [0.3, 0.4) is 0 Å². The van der Waals surface area contributed by atoms with Gasteiger partial charge in [0.05, 0.1) is 5.69 Å². The van der Waals surface area contributed by atoms with Crippen molar-refractivity contribution in [3.05, 3.63) is 23.3 Å². The first-order valence-corrected chi connectivity index (χ1v) is 5.93. The van der Waals surface area contributed by atoms with Gasteiger partial charge < -0.3 is 10.3 Å². The predicted octanol–water partition coefficient (Wildman–Crippen LogP) is 2.28. The van der Waals surface area contributed by atoms with Crippen LogP contribution in [0, 0.1) is 6.92 Å². The highest BCUT2D eigenvalue weighted by molar-refractivity contribution is 5.83. The molecule has 0 aliphatic carbocycles. The highest BCUT2D eigenvalue weighted by Gasteiger charge is 2.22. The van der Waals surface area contributed by atoms with Gasteiger partial charge in [0, 0.05) is 23.5 Å². The number of nitrogens with one attached hydrogen (secondary N) is 2. The fourth-order valence-electron chi connectivity index (χ4n) is 2.08. The van der Waals surface area contributed by atoms with Crippen LogP contribution < -0.4 is 5.32 Å². The van der Waals surface area contributed by atoms with Gasteiger partial charge in [0.25, 0.3) is 0 Å². The molecule has 92 valence electrons. The number of aryl methyl sites for hydroxylation is 1. The lowest BCUT2D eigenvalue weighted by molar-refractivity contribution is 0.571. The molecule has 0 aliphatic heterocycles. The van der Waals surface area contributed by atoms with Crippen LogP contribution in [-0.4, -0.2) is 22.0 Å². The highest BCUT2D eigenvalue weighted by Crippen LogP contribution is 2.29. The molecule has 0 aliphatic rings. The number of aromatic nitrogens is 3. The molecule has 0 saturated heterocycles. The monoisotopic (exact) mass is 232 g/mol. The second-order valence-corrected chi connectivity index (χ2v) is 5.44. The minimum atomic E-state index is 0.0244. The lowest BCUT2D eigenvalue weighted by Crippen LogP contribution is -2.16. The maximum absolute atomic E-state index is 4.63. The lowest BCUT2D eigenvalue weighted by atomic mass is 9.89. The molecular weight excluding hydrogens is 212 g/mol. The van der Waals surface area contributed by atoms with Crippen LogP contribution in [0.15, 0.2) is 6.20 Å². The van der Waals surface area contributed by atoms with Crippen molar-refractivity contribution in [2.24, 2.45) is 0 Å². The summed E-state index contributed by atoms with van der Waals surface area (Å²) in [5, 5.41) is 4.34. The van der Waals surface area contributed by atoms with Gasteiger partial charge in [-0.15, -0.1) is 0 Å². The zero-order valence-electron chi connectivity index (χ0n) is 11.2. The summed E-state index contributed by atoms with van der Waals surface area (Å²) >= 11 is 0. The molecule has 2 aromatic rings. The molecule has 4 heteroatoms. The van der Waals surface area contributed by atoms with Crippen LogP contribution in [0.4, 0.5) is 0 Å². The minimum Gasteiger partial charge on any atom is -0.346 e. The maximum atomic E-state index is 4.63. The summed E-state index contributed by atoms with van der Waals surface area (Å²) < 4.78 is 0. The van der Waals surface area contributed by atoms with Gasteiger partial charge in [-0.1, -0.05) is 20.8 Å². The van der Waals surface area contributed by atoms with Crippen molar-refractivity contribution >= 4 is 11.0 Å². The maximum Gasteiger partial charge on any atom is 0.141 e. The molecule has 0 atom stereocenters. The van der Waals surface area contributed by atoms with E-state index >= 15 is 0 Å². The van der Waals surface area contributed by atoms with Crippen molar-refractivity contribution in [2.75, 3.05) is 7.05 Å². The number of hydrogen-bond donors (Lipinski definition) is 2. The van der Waals surface area contributed by atoms with Crippen LogP contribution in [0.5, 0.6) is 0 Å². The second-order valence-electron chi connectivity index (χ2n) is 5.44. The summed E-state index contributed by atoms with van der Waals surface area (Å²) in [4.78, 5) is 12.3. The van der Waals surface area contributed by atoms with Crippen molar-refractivity contribution in [2.45, 2.75) is 39.7 Å². The molecular formula is C13H20N4. The fraction of sp³-hybridized carbons (Fsp3) is 0.538. The Morgan fingerprint density at radius 3 is 2.59 bits per heavy atom. The Morgan fingerprint density at radius 2 is 2.00 bits per heavy atom. The third-order valence-electron chi connectivity index (χ3n) is 2.80. The van der Waals surface area contributed by atoms with E-state index in [1.165, 1.54) is 5.56 Å². The van der Waals surface area contributed by atoms with Crippen LogP contribution in [-0.2, 0) is 12.0 Å². The Kier molecular flexibility index (Phi) is 2.91. The van der Waals surface area contributed by atoms with Crippen molar-refractivity contribution in [1.29, 1.82) is 0 Å². The van der Waals surface area contributed by atoms with Crippen LogP contribution in [0.1, 0.15) is 37.9 Å². The summed E-state index contributed by atoms with van der Waals surface area (Å²) in [6, 6.07) is 0. The molecule has 4 nitrogen and oxygen atoms in total. The molecule has 0 fully saturated rings. The van der Waals surface area contributed by atoms with E-state index in [0.29, 0.717) is 0 Å². The van der Waals surface area contributed by atoms with Crippen LogP contribution >= 0.6 is 0 Å². The quantitative estimate of drug-likeness (QED) is 0.835. The SMILES string of the molecule is CNCc1c[nH]c2nc(C)nc(C(C)(C)C)c12. The normalized spacial score (nSPS) is 12.3. The molecule has 2 N–H and O–H groups in total. The topological polar surface area (TPSA) is 53.6 Å². The van der Waals surface area contributed by atoms with Gasteiger partial charge in [-0.3, -0.25) is 0 Å². The molecule has 2 rings (SSSR count). The molecule has 0 aromatic carbocycles. The Balaban J connectivity index is 2.74. The summed E-state index contributed by atoms with van der Waals surface area (Å²) in [6.45, 7) is 9.32. The molecule has 0 radical (unpaired) electrons. The minimum absolute atomic E-state index is 0.0244. The molecule has 0 bridgehead atoms. The number of hydrogen-bond acceptors (Lipinski definition) is 3. The van der Waals surface area contributed by atoms with Gasteiger partial charge in [0.2, 0.25) is 0 Å². The number of aromatic amines is 1. The van der Waals surface area contributed by atoms with E-state index in [1.807, 2.05) is 20.2 Å². The second kappa shape index (κ2) is 4.11. The van der Waals surface area contributed by atoms with E-state index in [2.05, 4.69) is 41.0 Å². The summed E-state index contributed by atoms with van der Waals surface area (Å²) in [5.41, 5.74) is 3.31. The lowest BCUT2D eigenvalue weighted by Gasteiger charge is -2.19. The Bertz CT molecular complexity index is 534. The van der Waals surface area contributed by atoms with E-state index < -0.39 is 0 Å². The fourth-order valence-corrected chi connectivity index (χ4v) is 2.08. The third-order valence-corrected chi connectivity index (χ3v) is 2.80. The number of fused-ring (bicyclic) bond motifs is 1. The Labute approximate surface area is 102 Å². The van der Waals surface area contributed by atoms with Gasteiger partial charge in [0.15, 0.2) is 0 Å². The summed E-state index contributed by atoms with van der Waals surface area (Å²) in [7, 11) is 1.95. The summed E-state index contributed by atoms with van der Waals surface area (Å²) in [6.07, 6.45) is 2.02. The summed E-state index contributed by atoms with van der Waals surface area (Å²) in [5.74, 6) is 0.820. The van der Waals surface area contributed by atoms with Crippen LogP contribution in [0.25, 0.3) is 11.0 Å². The van der Waals surface area contributed by atoms with E-state index in [1.54, 1.807) is 0 Å². The molecule has 17 heavy (non-hydrogen) atoms. The molecule has 2 heterocycles. The average Bonchev–Trinajstić information content (AvgIpc) is 2.59. The number of nitrogens with zero attached hydrogens (tertiary/aromatic N) is 2. The first kappa shape index (κ1) is 12.0. The number of rotatable bonds is 2. The molecule has 0 spiro atoms. The van der Waals surface area contributed by atoms with E-state index in [9.17, 15) is 0 Å². The largest absolute Gasteiger partial charge is 0.346 e. The van der Waals surface area contributed by atoms with Crippen molar-refractivity contribution in [3.8, 4) is 0 Å². The van der Waals surface area contributed by atoms with Crippen molar-refractivity contribution in [3.63, 3.8) is 0 Å². The zero-order valence-corrected chi connectivity index (χ0v) is 11.2. The van der Waals surface area contributed by atoms with Crippen molar-refractivity contribution < 1.29 is 0 Å². The van der Waals surface area contributed by atoms with E-state index in [4.69, 9.17) is 0 Å². The average molecular weight is 232 g/mol.